The number of sulfonamides is 1. The van der Waals surface area contributed by atoms with Gasteiger partial charge in [-0.3, -0.25) is 0 Å². The topological polar surface area (TPSA) is 76.5 Å². The monoisotopic (exact) mass is 350 g/mol. The summed E-state index contributed by atoms with van der Waals surface area (Å²) in [7, 11) is -3.54. The Labute approximate surface area is 122 Å². The van der Waals surface area contributed by atoms with E-state index in [1.807, 2.05) is 13.8 Å². The number of nitrogens with zero attached hydrogens (tertiary/aromatic N) is 1. The van der Waals surface area contributed by atoms with E-state index in [4.69, 9.17) is 10.2 Å². The standard InChI is InChI=1S/C12H19BrN2O3S/c1-8-4-3-5-9(2)15(8)19(16,17)11-6-10(7-14)18-12(11)13/h6,8-9H,3-5,7,14H2,1-2H3/t8-,9+. The Morgan fingerprint density at radius 1 is 1.42 bits per heavy atom. The SMILES string of the molecule is C[C@@H]1CCC[C@H](C)N1S(=O)(=O)c1cc(CN)oc1Br. The molecule has 0 radical (unpaired) electrons. The van der Waals surface area contributed by atoms with Gasteiger partial charge in [-0.15, -0.1) is 0 Å². The average Bonchev–Trinajstić information content (AvgIpc) is 2.70. The third kappa shape index (κ3) is 2.74. The normalized spacial score (nSPS) is 25.7. The van der Waals surface area contributed by atoms with Gasteiger partial charge >= 0.3 is 0 Å². The number of halogens is 1. The first kappa shape index (κ1) is 15.0. The number of hydrogen-bond donors (Lipinski definition) is 1. The Morgan fingerprint density at radius 3 is 2.47 bits per heavy atom. The molecular weight excluding hydrogens is 332 g/mol. The molecule has 1 saturated heterocycles. The van der Waals surface area contributed by atoms with Crippen molar-refractivity contribution < 1.29 is 12.8 Å². The van der Waals surface area contributed by atoms with E-state index in [0.29, 0.717) is 5.76 Å². The van der Waals surface area contributed by atoms with E-state index in [1.54, 1.807) is 4.31 Å². The molecule has 1 aromatic rings. The van der Waals surface area contributed by atoms with E-state index in [2.05, 4.69) is 15.9 Å². The van der Waals surface area contributed by atoms with Crippen LogP contribution in [-0.4, -0.2) is 24.8 Å². The molecule has 0 saturated carbocycles. The summed E-state index contributed by atoms with van der Waals surface area (Å²) >= 11 is 3.17. The Balaban J connectivity index is 2.43. The summed E-state index contributed by atoms with van der Waals surface area (Å²) in [5.41, 5.74) is 5.49. The van der Waals surface area contributed by atoms with Crippen molar-refractivity contribution in [3.8, 4) is 0 Å². The molecule has 1 fully saturated rings. The Hall–Kier alpha value is -0.370. The second-order valence-corrected chi connectivity index (χ2v) is 7.55. The Kier molecular flexibility index (Phi) is 4.39. The molecule has 1 aromatic heterocycles. The van der Waals surface area contributed by atoms with Crippen LogP contribution in [0.3, 0.4) is 0 Å². The lowest BCUT2D eigenvalue weighted by atomic mass is 10.0. The fraction of sp³-hybridized carbons (Fsp3) is 0.667. The second kappa shape index (κ2) is 5.55. The third-order valence-electron chi connectivity index (χ3n) is 3.58. The lowest BCUT2D eigenvalue weighted by Gasteiger charge is -2.37. The van der Waals surface area contributed by atoms with Crippen molar-refractivity contribution in [2.45, 2.75) is 56.6 Å². The van der Waals surface area contributed by atoms with Crippen molar-refractivity contribution in [3.63, 3.8) is 0 Å². The molecule has 0 aromatic carbocycles. The summed E-state index contributed by atoms with van der Waals surface area (Å²) in [6.07, 6.45) is 2.85. The molecule has 2 rings (SSSR count). The molecule has 2 heterocycles. The van der Waals surface area contributed by atoms with Crippen LogP contribution in [-0.2, 0) is 16.6 Å². The maximum Gasteiger partial charge on any atom is 0.247 e. The van der Waals surface area contributed by atoms with E-state index in [-0.39, 0.29) is 28.2 Å². The van der Waals surface area contributed by atoms with E-state index < -0.39 is 10.0 Å². The van der Waals surface area contributed by atoms with Gasteiger partial charge in [0.2, 0.25) is 10.0 Å². The van der Waals surface area contributed by atoms with Crippen molar-refractivity contribution in [1.82, 2.24) is 4.31 Å². The maximum atomic E-state index is 12.8. The van der Waals surface area contributed by atoms with Crippen molar-refractivity contribution >= 4 is 26.0 Å². The molecule has 19 heavy (non-hydrogen) atoms. The summed E-state index contributed by atoms with van der Waals surface area (Å²) in [6.45, 7) is 4.08. The summed E-state index contributed by atoms with van der Waals surface area (Å²) < 4.78 is 32.6. The highest BCUT2D eigenvalue weighted by Crippen LogP contribution is 2.34. The van der Waals surface area contributed by atoms with Crippen LogP contribution in [0.25, 0.3) is 0 Å². The van der Waals surface area contributed by atoms with Gasteiger partial charge in [0, 0.05) is 18.2 Å². The van der Waals surface area contributed by atoms with Crippen LogP contribution in [0.5, 0.6) is 0 Å². The highest BCUT2D eigenvalue weighted by atomic mass is 79.9. The molecular formula is C12H19BrN2O3S. The molecule has 0 bridgehead atoms. The van der Waals surface area contributed by atoms with Gasteiger partial charge in [0.15, 0.2) is 4.67 Å². The fourth-order valence-electron chi connectivity index (χ4n) is 2.66. The van der Waals surface area contributed by atoms with Crippen LogP contribution in [0, 0.1) is 0 Å². The van der Waals surface area contributed by atoms with Gasteiger partial charge in [-0.05, 0) is 42.6 Å². The zero-order valence-corrected chi connectivity index (χ0v) is 13.5. The van der Waals surface area contributed by atoms with Crippen molar-refractivity contribution in [1.29, 1.82) is 0 Å². The van der Waals surface area contributed by atoms with Gasteiger partial charge < -0.3 is 10.2 Å². The summed E-state index contributed by atoms with van der Waals surface area (Å²) in [6, 6.07) is 1.53. The molecule has 0 spiro atoms. The Bertz CT molecular complexity index is 545. The minimum absolute atomic E-state index is 0.0110. The van der Waals surface area contributed by atoms with Gasteiger partial charge in [0.25, 0.3) is 0 Å². The first-order valence-electron chi connectivity index (χ1n) is 6.39. The molecule has 108 valence electrons. The summed E-state index contributed by atoms with van der Waals surface area (Å²) in [5, 5.41) is 0. The first-order valence-corrected chi connectivity index (χ1v) is 8.63. The van der Waals surface area contributed by atoms with Crippen molar-refractivity contribution in [2.24, 2.45) is 5.73 Å². The van der Waals surface area contributed by atoms with Gasteiger partial charge in [-0.25, -0.2) is 8.42 Å². The van der Waals surface area contributed by atoms with Crippen LogP contribution in [0.4, 0.5) is 0 Å². The van der Waals surface area contributed by atoms with Gasteiger partial charge in [0.05, 0.1) is 6.54 Å². The quantitative estimate of drug-likeness (QED) is 0.908. The van der Waals surface area contributed by atoms with E-state index >= 15 is 0 Å². The van der Waals surface area contributed by atoms with Gasteiger partial charge in [-0.2, -0.15) is 4.31 Å². The van der Waals surface area contributed by atoms with E-state index in [1.165, 1.54) is 6.07 Å². The van der Waals surface area contributed by atoms with Crippen molar-refractivity contribution in [2.75, 3.05) is 0 Å². The minimum Gasteiger partial charge on any atom is -0.452 e. The second-order valence-electron chi connectivity index (χ2n) is 5.02. The summed E-state index contributed by atoms with van der Waals surface area (Å²) in [4.78, 5) is 0.175. The minimum atomic E-state index is -3.54. The number of furan rings is 1. The average molecular weight is 351 g/mol. The molecule has 7 heteroatoms. The zero-order valence-electron chi connectivity index (χ0n) is 11.1. The number of rotatable bonds is 3. The highest BCUT2D eigenvalue weighted by Gasteiger charge is 2.37. The molecule has 0 aliphatic carbocycles. The molecule has 5 nitrogen and oxygen atoms in total. The van der Waals surface area contributed by atoms with E-state index in [9.17, 15) is 8.42 Å². The molecule has 1 aliphatic heterocycles. The van der Waals surface area contributed by atoms with Crippen LogP contribution < -0.4 is 5.73 Å². The molecule has 0 amide bonds. The van der Waals surface area contributed by atoms with Crippen molar-refractivity contribution in [3.05, 3.63) is 16.5 Å². The smallest absolute Gasteiger partial charge is 0.247 e. The number of piperidine rings is 1. The van der Waals surface area contributed by atoms with E-state index in [0.717, 1.165) is 19.3 Å². The first-order chi connectivity index (χ1) is 8.87. The fourth-order valence-corrected chi connectivity index (χ4v) is 5.51. The lowest BCUT2D eigenvalue weighted by molar-refractivity contribution is 0.204. The predicted molar refractivity (Wildman–Crippen MR) is 76.1 cm³/mol. The number of nitrogens with two attached hydrogens (primary N) is 1. The predicted octanol–water partition coefficient (Wildman–Crippen LogP) is 2.45. The maximum absolute atomic E-state index is 12.8. The van der Waals surface area contributed by atoms with Gasteiger partial charge in [0.1, 0.15) is 10.7 Å². The molecule has 2 N–H and O–H groups in total. The molecule has 0 unspecified atom stereocenters. The number of hydrogen-bond acceptors (Lipinski definition) is 4. The van der Waals surface area contributed by atoms with Crippen LogP contribution in [0.15, 0.2) is 20.0 Å². The molecule has 2 atom stereocenters. The lowest BCUT2D eigenvalue weighted by Crippen LogP contribution is -2.47. The largest absolute Gasteiger partial charge is 0.452 e. The zero-order chi connectivity index (χ0) is 14.2. The highest BCUT2D eigenvalue weighted by molar-refractivity contribution is 9.10. The van der Waals surface area contributed by atoms with Crippen LogP contribution in [0.2, 0.25) is 0 Å². The Morgan fingerprint density at radius 2 is 2.00 bits per heavy atom. The van der Waals surface area contributed by atoms with Crippen LogP contribution >= 0.6 is 15.9 Å². The van der Waals surface area contributed by atoms with Crippen LogP contribution in [0.1, 0.15) is 38.9 Å². The van der Waals surface area contributed by atoms with Gasteiger partial charge in [-0.1, -0.05) is 6.42 Å². The summed E-state index contributed by atoms with van der Waals surface area (Å²) in [5.74, 6) is 0.461. The third-order valence-corrected chi connectivity index (χ3v) is 6.56. The molecule has 1 aliphatic rings.